The van der Waals surface area contributed by atoms with E-state index in [1.807, 2.05) is 18.0 Å². The predicted octanol–water partition coefficient (Wildman–Crippen LogP) is 3.41. The van der Waals surface area contributed by atoms with Gasteiger partial charge >= 0.3 is 0 Å². The maximum Gasteiger partial charge on any atom is 0.146 e. The fourth-order valence-electron chi connectivity index (χ4n) is 1.40. The lowest BCUT2D eigenvalue weighted by Crippen LogP contribution is -2.18. The van der Waals surface area contributed by atoms with Crippen LogP contribution in [0.25, 0.3) is 0 Å². The predicted molar refractivity (Wildman–Crippen MR) is 59.5 cm³/mol. The monoisotopic (exact) mass is 215 g/mol. The van der Waals surface area contributed by atoms with E-state index in [4.69, 9.17) is 11.6 Å². The Morgan fingerprint density at radius 3 is 2.64 bits per heavy atom. The molecular weight excluding hydrogens is 201 g/mol. The first-order chi connectivity index (χ1) is 6.69. The number of nitrogens with zero attached hydrogens (tertiary/aromatic N) is 1. The van der Waals surface area contributed by atoms with Gasteiger partial charge in [-0.15, -0.1) is 11.6 Å². The summed E-state index contributed by atoms with van der Waals surface area (Å²) in [5, 5.41) is 0. The van der Waals surface area contributed by atoms with Crippen molar-refractivity contribution >= 4 is 17.3 Å². The van der Waals surface area contributed by atoms with Crippen LogP contribution in [-0.4, -0.2) is 13.6 Å². The molecule has 0 bridgehead atoms. The van der Waals surface area contributed by atoms with E-state index in [0.29, 0.717) is 11.6 Å². The van der Waals surface area contributed by atoms with Gasteiger partial charge in [0.2, 0.25) is 0 Å². The minimum absolute atomic E-state index is 0.195. The van der Waals surface area contributed by atoms with Crippen molar-refractivity contribution in [1.29, 1.82) is 0 Å². The maximum absolute atomic E-state index is 13.5. The molecule has 0 saturated heterocycles. The van der Waals surface area contributed by atoms with Gasteiger partial charge in [-0.25, -0.2) is 4.39 Å². The molecule has 0 spiro atoms. The highest BCUT2D eigenvalue weighted by molar-refractivity contribution is 6.17. The third-order valence-electron chi connectivity index (χ3n) is 2.14. The van der Waals surface area contributed by atoms with Crippen LogP contribution in [0.5, 0.6) is 0 Å². The summed E-state index contributed by atoms with van der Waals surface area (Å²) in [4.78, 5) is 1.91. The topological polar surface area (TPSA) is 3.24 Å². The highest BCUT2D eigenvalue weighted by Crippen LogP contribution is 2.20. The van der Waals surface area contributed by atoms with Crippen molar-refractivity contribution in [3.63, 3.8) is 0 Å². The van der Waals surface area contributed by atoms with Crippen LogP contribution in [0.15, 0.2) is 18.2 Å². The molecule has 14 heavy (non-hydrogen) atoms. The lowest BCUT2D eigenvalue weighted by Gasteiger charge is -2.19. The van der Waals surface area contributed by atoms with Gasteiger partial charge < -0.3 is 4.90 Å². The summed E-state index contributed by atoms with van der Waals surface area (Å²) in [6, 6.07) is 5.13. The molecule has 0 heterocycles. The van der Waals surface area contributed by atoms with E-state index in [0.717, 1.165) is 18.5 Å². The van der Waals surface area contributed by atoms with Gasteiger partial charge in [0.25, 0.3) is 0 Å². The average molecular weight is 216 g/mol. The summed E-state index contributed by atoms with van der Waals surface area (Å²) >= 11 is 5.61. The summed E-state index contributed by atoms with van der Waals surface area (Å²) in [5.41, 5.74) is 1.46. The van der Waals surface area contributed by atoms with Crippen molar-refractivity contribution in [2.75, 3.05) is 18.5 Å². The van der Waals surface area contributed by atoms with E-state index in [1.165, 1.54) is 6.07 Å². The normalized spacial score (nSPS) is 10.3. The number of halogens is 2. The Bertz CT molecular complexity index is 301. The number of hydrogen-bond donors (Lipinski definition) is 0. The molecular formula is C11H15ClFN. The van der Waals surface area contributed by atoms with Crippen molar-refractivity contribution in [2.45, 2.75) is 19.2 Å². The molecule has 0 aliphatic rings. The van der Waals surface area contributed by atoms with Gasteiger partial charge in [-0.3, -0.25) is 0 Å². The van der Waals surface area contributed by atoms with Gasteiger partial charge in [0.15, 0.2) is 0 Å². The third-order valence-corrected chi connectivity index (χ3v) is 2.45. The number of rotatable bonds is 4. The molecule has 1 nitrogen and oxygen atoms in total. The van der Waals surface area contributed by atoms with E-state index >= 15 is 0 Å². The minimum Gasteiger partial charge on any atom is -0.372 e. The molecule has 1 rings (SSSR count). The van der Waals surface area contributed by atoms with Crippen LogP contribution in [0.1, 0.15) is 18.9 Å². The largest absolute Gasteiger partial charge is 0.372 e. The highest BCUT2D eigenvalue weighted by Gasteiger charge is 2.06. The molecule has 0 aliphatic carbocycles. The third kappa shape index (κ3) is 2.61. The van der Waals surface area contributed by atoms with Crippen molar-refractivity contribution in [3.8, 4) is 0 Å². The summed E-state index contributed by atoms with van der Waals surface area (Å²) in [7, 11) is 1.89. The van der Waals surface area contributed by atoms with Crippen LogP contribution in [0, 0.1) is 5.82 Å². The summed E-state index contributed by atoms with van der Waals surface area (Å²) in [6.07, 6.45) is 1.01. The van der Waals surface area contributed by atoms with Crippen molar-refractivity contribution in [2.24, 2.45) is 0 Å². The van der Waals surface area contributed by atoms with Gasteiger partial charge in [0.1, 0.15) is 5.82 Å². The highest BCUT2D eigenvalue weighted by atomic mass is 35.5. The standard InChI is InChI=1S/C11H15ClFN/c1-3-6-14(2)11-5-4-9(8-12)7-10(11)13/h4-5,7H,3,6,8H2,1-2H3. The van der Waals surface area contributed by atoms with E-state index in [9.17, 15) is 4.39 Å². The molecule has 0 N–H and O–H groups in total. The van der Waals surface area contributed by atoms with Gasteiger partial charge in [-0.1, -0.05) is 13.0 Å². The average Bonchev–Trinajstić information content (AvgIpc) is 2.17. The van der Waals surface area contributed by atoms with Crippen LogP contribution in [0.3, 0.4) is 0 Å². The molecule has 0 fully saturated rings. The van der Waals surface area contributed by atoms with E-state index in [1.54, 1.807) is 6.07 Å². The summed E-state index contributed by atoms with van der Waals surface area (Å²) in [5.74, 6) is 0.161. The summed E-state index contributed by atoms with van der Waals surface area (Å²) in [6.45, 7) is 2.93. The molecule has 1 aromatic rings. The molecule has 0 unspecified atom stereocenters. The molecule has 0 aliphatic heterocycles. The Morgan fingerprint density at radius 2 is 2.14 bits per heavy atom. The Labute approximate surface area is 89.5 Å². The lowest BCUT2D eigenvalue weighted by molar-refractivity contribution is 0.620. The van der Waals surface area contributed by atoms with Gasteiger partial charge in [-0.2, -0.15) is 0 Å². The van der Waals surface area contributed by atoms with Crippen LogP contribution in [0.2, 0.25) is 0 Å². The Hall–Kier alpha value is -0.760. The first-order valence-corrected chi connectivity index (χ1v) is 5.28. The van der Waals surface area contributed by atoms with E-state index in [2.05, 4.69) is 6.92 Å². The van der Waals surface area contributed by atoms with Crippen molar-refractivity contribution < 1.29 is 4.39 Å². The molecule has 3 heteroatoms. The molecule has 0 amide bonds. The maximum atomic E-state index is 13.5. The number of benzene rings is 1. The van der Waals surface area contributed by atoms with Gasteiger partial charge in [0, 0.05) is 19.5 Å². The van der Waals surface area contributed by atoms with Gasteiger partial charge in [-0.05, 0) is 24.1 Å². The molecule has 0 radical (unpaired) electrons. The van der Waals surface area contributed by atoms with Crippen LogP contribution in [-0.2, 0) is 5.88 Å². The number of alkyl halides is 1. The first-order valence-electron chi connectivity index (χ1n) is 4.74. The lowest BCUT2D eigenvalue weighted by atomic mass is 10.2. The van der Waals surface area contributed by atoms with Crippen molar-refractivity contribution in [1.82, 2.24) is 0 Å². The summed E-state index contributed by atoms with van der Waals surface area (Å²) < 4.78 is 13.5. The second-order valence-electron chi connectivity index (χ2n) is 3.34. The quantitative estimate of drug-likeness (QED) is 0.696. The number of anilines is 1. The molecule has 1 aromatic carbocycles. The number of hydrogen-bond acceptors (Lipinski definition) is 1. The molecule has 78 valence electrons. The Balaban J connectivity index is 2.88. The minimum atomic E-state index is -0.195. The second-order valence-corrected chi connectivity index (χ2v) is 3.61. The molecule has 0 aromatic heterocycles. The zero-order valence-corrected chi connectivity index (χ0v) is 9.31. The van der Waals surface area contributed by atoms with Crippen LogP contribution < -0.4 is 4.90 Å². The zero-order valence-electron chi connectivity index (χ0n) is 8.56. The Morgan fingerprint density at radius 1 is 1.43 bits per heavy atom. The fraction of sp³-hybridized carbons (Fsp3) is 0.455. The molecule has 0 saturated carbocycles. The zero-order chi connectivity index (χ0) is 10.6. The smallest absolute Gasteiger partial charge is 0.146 e. The van der Waals surface area contributed by atoms with Crippen LogP contribution in [0.4, 0.5) is 10.1 Å². The van der Waals surface area contributed by atoms with Gasteiger partial charge in [0.05, 0.1) is 5.69 Å². The Kier molecular flexibility index (Phi) is 4.21. The molecule has 0 atom stereocenters. The van der Waals surface area contributed by atoms with Crippen LogP contribution >= 0.6 is 11.6 Å². The SMILES string of the molecule is CCCN(C)c1ccc(CCl)cc1F. The first kappa shape index (κ1) is 11.3. The van der Waals surface area contributed by atoms with E-state index in [-0.39, 0.29) is 5.82 Å². The van der Waals surface area contributed by atoms with Crippen molar-refractivity contribution in [3.05, 3.63) is 29.6 Å². The fourth-order valence-corrected chi connectivity index (χ4v) is 1.57. The van der Waals surface area contributed by atoms with E-state index < -0.39 is 0 Å². The second kappa shape index (κ2) is 5.20.